The number of thioether (sulfide) groups is 1. The summed E-state index contributed by atoms with van der Waals surface area (Å²) in [6, 6.07) is 0. The molecule has 0 aliphatic rings. The fraction of sp³-hybridized carbons (Fsp3) is 1.00. The summed E-state index contributed by atoms with van der Waals surface area (Å²) in [5, 5.41) is 0. The fourth-order valence-electron chi connectivity index (χ4n) is 1.14. The van der Waals surface area contributed by atoms with Crippen LogP contribution >= 0.6 is 11.8 Å². The molecular weight excluding hydrogens is 188 g/mol. The van der Waals surface area contributed by atoms with Crippen LogP contribution in [0.3, 0.4) is 0 Å². The highest BCUT2D eigenvalue weighted by molar-refractivity contribution is 7.98. The predicted molar refractivity (Wildman–Crippen MR) is 72.2 cm³/mol. The van der Waals surface area contributed by atoms with Crippen LogP contribution in [0.5, 0.6) is 0 Å². The van der Waals surface area contributed by atoms with Crippen molar-refractivity contribution >= 4 is 11.8 Å². The lowest BCUT2D eigenvalue weighted by Crippen LogP contribution is -1.87. The van der Waals surface area contributed by atoms with Crippen LogP contribution in [0.2, 0.25) is 0 Å². The van der Waals surface area contributed by atoms with Gasteiger partial charge in [0.25, 0.3) is 0 Å². The van der Waals surface area contributed by atoms with Crippen molar-refractivity contribution in [3.05, 3.63) is 0 Å². The van der Waals surface area contributed by atoms with Gasteiger partial charge in [-0.25, -0.2) is 0 Å². The second kappa shape index (κ2) is 13.4. The van der Waals surface area contributed by atoms with E-state index in [4.69, 9.17) is 0 Å². The molecule has 0 nitrogen and oxygen atoms in total. The maximum atomic E-state index is 2.29. The Bertz CT molecular complexity index is 87.2. The van der Waals surface area contributed by atoms with Crippen LogP contribution < -0.4 is 0 Å². The van der Waals surface area contributed by atoms with Gasteiger partial charge in [-0.05, 0) is 23.8 Å². The van der Waals surface area contributed by atoms with Gasteiger partial charge in [-0.15, -0.1) is 0 Å². The van der Waals surface area contributed by atoms with Gasteiger partial charge < -0.3 is 0 Å². The van der Waals surface area contributed by atoms with Gasteiger partial charge in [0.1, 0.15) is 0 Å². The lowest BCUT2D eigenvalue weighted by molar-refractivity contribution is 0.534. The van der Waals surface area contributed by atoms with Crippen molar-refractivity contribution in [1.82, 2.24) is 0 Å². The molecule has 0 aromatic carbocycles. The zero-order chi connectivity index (χ0) is 11.4. The molecule has 0 amide bonds. The van der Waals surface area contributed by atoms with Crippen LogP contribution in [0, 0.1) is 11.8 Å². The van der Waals surface area contributed by atoms with Crippen molar-refractivity contribution < 1.29 is 0 Å². The smallest absolute Gasteiger partial charge is 0.00472 e. The number of unbranched alkanes of at least 4 members (excludes halogenated alkanes) is 2. The molecule has 88 valence electrons. The van der Waals surface area contributed by atoms with Gasteiger partial charge in [-0.3, -0.25) is 0 Å². The molecule has 0 radical (unpaired) electrons. The Morgan fingerprint density at radius 3 is 1.71 bits per heavy atom. The van der Waals surface area contributed by atoms with Gasteiger partial charge in [0.05, 0.1) is 0 Å². The first-order chi connectivity index (χ1) is 6.54. The zero-order valence-electron chi connectivity index (χ0n) is 11.1. The standard InChI is InChI=1S/C8H18.C5H12S/c1-4-5-6-7-8(2)3;1-5(2)4-6-3/h8H,4-7H2,1-3H3;5H,4H2,1-3H3. The second-order valence-corrected chi connectivity index (χ2v) is 5.65. The number of hydrogen-bond acceptors (Lipinski definition) is 1. The van der Waals surface area contributed by atoms with E-state index in [0.29, 0.717) is 0 Å². The van der Waals surface area contributed by atoms with E-state index in [2.05, 4.69) is 40.9 Å². The van der Waals surface area contributed by atoms with E-state index >= 15 is 0 Å². The molecule has 0 atom stereocenters. The molecule has 0 N–H and O–H groups in total. The third-order valence-corrected chi connectivity index (χ3v) is 2.89. The van der Waals surface area contributed by atoms with Crippen molar-refractivity contribution in [1.29, 1.82) is 0 Å². The predicted octanol–water partition coefficient (Wildman–Crippen LogP) is 5.23. The molecule has 0 aliphatic heterocycles. The minimum Gasteiger partial charge on any atom is -0.165 e. The summed E-state index contributed by atoms with van der Waals surface area (Å²) in [6.07, 6.45) is 7.74. The maximum absolute atomic E-state index is 2.29. The van der Waals surface area contributed by atoms with Crippen LogP contribution in [-0.2, 0) is 0 Å². The van der Waals surface area contributed by atoms with Crippen LogP contribution in [0.4, 0.5) is 0 Å². The summed E-state index contributed by atoms with van der Waals surface area (Å²) in [5.41, 5.74) is 0. The molecule has 0 heterocycles. The Hall–Kier alpha value is 0.350. The Kier molecular flexibility index (Phi) is 16.0. The topological polar surface area (TPSA) is 0 Å². The van der Waals surface area contributed by atoms with Gasteiger partial charge in [0, 0.05) is 0 Å². The van der Waals surface area contributed by atoms with Gasteiger partial charge in [-0.1, -0.05) is 60.3 Å². The number of rotatable bonds is 6. The van der Waals surface area contributed by atoms with E-state index in [1.54, 1.807) is 0 Å². The lowest BCUT2D eigenvalue weighted by atomic mass is 10.1. The molecule has 0 aromatic heterocycles. The minimum atomic E-state index is 0.861. The SMILES string of the molecule is CCCCCC(C)C.CSCC(C)C. The first kappa shape index (κ1) is 16.8. The summed E-state index contributed by atoms with van der Waals surface area (Å²) in [5.74, 6) is 3.06. The summed E-state index contributed by atoms with van der Waals surface area (Å²) >= 11 is 1.91. The molecule has 0 spiro atoms. The van der Waals surface area contributed by atoms with E-state index in [1.807, 2.05) is 11.8 Å². The van der Waals surface area contributed by atoms with Gasteiger partial charge >= 0.3 is 0 Å². The zero-order valence-corrected chi connectivity index (χ0v) is 11.9. The second-order valence-electron chi connectivity index (χ2n) is 4.74. The van der Waals surface area contributed by atoms with E-state index in [1.165, 1.54) is 31.4 Å². The van der Waals surface area contributed by atoms with Gasteiger partial charge in [-0.2, -0.15) is 11.8 Å². The third-order valence-electron chi connectivity index (χ3n) is 1.89. The molecule has 0 aromatic rings. The minimum absolute atomic E-state index is 0.861. The van der Waals surface area contributed by atoms with Gasteiger partial charge in [0.2, 0.25) is 0 Å². The highest BCUT2D eigenvalue weighted by Crippen LogP contribution is 2.06. The average molecular weight is 218 g/mol. The van der Waals surface area contributed by atoms with Crippen LogP contribution in [0.25, 0.3) is 0 Å². The first-order valence-electron chi connectivity index (χ1n) is 6.03. The van der Waals surface area contributed by atoms with Crippen LogP contribution in [0.1, 0.15) is 60.3 Å². The Morgan fingerprint density at radius 1 is 0.929 bits per heavy atom. The molecule has 0 rings (SSSR count). The highest BCUT2D eigenvalue weighted by Gasteiger charge is 1.90. The first-order valence-corrected chi connectivity index (χ1v) is 7.42. The van der Waals surface area contributed by atoms with E-state index in [-0.39, 0.29) is 0 Å². The van der Waals surface area contributed by atoms with Crippen molar-refractivity contribution in [3.63, 3.8) is 0 Å². The molecule has 0 fully saturated rings. The summed E-state index contributed by atoms with van der Waals surface area (Å²) in [4.78, 5) is 0. The van der Waals surface area contributed by atoms with E-state index in [9.17, 15) is 0 Å². The summed E-state index contributed by atoms with van der Waals surface area (Å²) in [7, 11) is 0. The van der Waals surface area contributed by atoms with Crippen molar-refractivity contribution in [2.24, 2.45) is 11.8 Å². The van der Waals surface area contributed by atoms with Crippen molar-refractivity contribution in [2.45, 2.75) is 60.3 Å². The third kappa shape index (κ3) is 22.8. The summed E-state index contributed by atoms with van der Waals surface area (Å²) in [6.45, 7) is 11.3. The van der Waals surface area contributed by atoms with Crippen molar-refractivity contribution in [3.8, 4) is 0 Å². The molecule has 0 bridgehead atoms. The largest absolute Gasteiger partial charge is 0.165 e. The number of hydrogen-bond donors (Lipinski definition) is 0. The molecule has 0 saturated heterocycles. The average Bonchev–Trinajstić information content (AvgIpc) is 2.05. The monoisotopic (exact) mass is 218 g/mol. The fourth-order valence-corrected chi connectivity index (χ4v) is 1.80. The van der Waals surface area contributed by atoms with E-state index < -0.39 is 0 Å². The Labute approximate surface area is 96.2 Å². The Morgan fingerprint density at radius 2 is 1.50 bits per heavy atom. The molecular formula is C13H30S. The molecule has 0 saturated carbocycles. The quantitative estimate of drug-likeness (QED) is 0.550. The van der Waals surface area contributed by atoms with Crippen LogP contribution in [-0.4, -0.2) is 12.0 Å². The van der Waals surface area contributed by atoms with Gasteiger partial charge in [0.15, 0.2) is 0 Å². The molecule has 1 heteroatoms. The molecule has 0 unspecified atom stereocenters. The molecule has 0 aliphatic carbocycles. The lowest BCUT2D eigenvalue weighted by Gasteiger charge is -2.00. The van der Waals surface area contributed by atoms with Crippen molar-refractivity contribution in [2.75, 3.05) is 12.0 Å². The normalized spacial score (nSPS) is 10.3. The molecule has 14 heavy (non-hydrogen) atoms. The Balaban J connectivity index is 0. The highest BCUT2D eigenvalue weighted by atomic mass is 32.2. The van der Waals surface area contributed by atoms with Crippen LogP contribution in [0.15, 0.2) is 0 Å². The van der Waals surface area contributed by atoms with E-state index in [0.717, 1.165) is 11.8 Å². The summed E-state index contributed by atoms with van der Waals surface area (Å²) < 4.78 is 0. The maximum Gasteiger partial charge on any atom is -0.00472 e.